The van der Waals surface area contributed by atoms with Gasteiger partial charge in [-0.15, -0.1) is 0 Å². The Morgan fingerprint density at radius 2 is 1.81 bits per heavy atom. The quantitative estimate of drug-likeness (QED) is 0.878. The van der Waals surface area contributed by atoms with Gasteiger partial charge in [0.25, 0.3) is 0 Å². The molecule has 118 valence electrons. The van der Waals surface area contributed by atoms with Crippen LogP contribution < -0.4 is 11.1 Å². The molecule has 0 saturated carbocycles. The van der Waals surface area contributed by atoms with Gasteiger partial charge in [-0.25, -0.2) is 9.18 Å². The average molecular weight is 296 g/mol. The van der Waals surface area contributed by atoms with Crippen LogP contribution in [0.25, 0.3) is 0 Å². The maximum Gasteiger partial charge on any atom is 0.407 e. The molecule has 0 aromatic heterocycles. The van der Waals surface area contributed by atoms with Gasteiger partial charge < -0.3 is 15.8 Å². The number of carbonyl (C=O) groups excluding carboxylic acids is 1. The molecular formula is C16H25FN2O2. The molecule has 0 aliphatic carbocycles. The number of carbonyl (C=O) groups is 1. The Hall–Kier alpha value is -1.62. The van der Waals surface area contributed by atoms with E-state index in [1.165, 1.54) is 12.1 Å². The number of ether oxygens (including phenoxy) is 1. The summed E-state index contributed by atoms with van der Waals surface area (Å²) in [5.74, 6) is -0.249. The number of aryl methyl sites for hydroxylation is 1. The molecule has 0 bridgehead atoms. The SMILES string of the molecule is CC(N)(CCc1ccc(F)cc1)CNC(=O)OC(C)(C)C. The third kappa shape index (κ3) is 7.66. The van der Waals surface area contributed by atoms with Crippen LogP contribution in [0.2, 0.25) is 0 Å². The Balaban J connectivity index is 2.39. The number of benzene rings is 1. The van der Waals surface area contributed by atoms with Gasteiger partial charge >= 0.3 is 6.09 Å². The molecule has 21 heavy (non-hydrogen) atoms. The lowest BCUT2D eigenvalue weighted by atomic mass is 9.94. The lowest BCUT2D eigenvalue weighted by Crippen LogP contribution is -2.49. The van der Waals surface area contributed by atoms with Crippen molar-refractivity contribution in [1.29, 1.82) is 0 Å². The summed E-state index contributed by atoms with van der Waals surface area (Å²) in [6.07, 6.45) is 0.929. The summed E-state index contributed by atoms with van der Waals surface area (Å²) in [5, 5.41) is 2.68. The van der Waals surface area contributed by atoms with Crippen molar-refractivity contribution in [2.45, 2.75) is 51.7 Å². The van der Waals surface area contributed by atoms with Crippen LogP contribution in [0.15, 0.2) is 24.3 Å². The average Bonchev–Trinajstić information content (AvgIpc) is 2.34. The summed E-state index contributed by atoms with van der Waals surface area (Å²) in [6, 6.07) is 6.35. The highest BCUT2D eigenvalue weighted by molar-refractivity contribution is 5.67. The molecule has 5 heteroatoms. The zero-order valence-electron chi connectivity index (χ0n) is 13.2. The van der Waals surface area contributed by atoms with E-state index in [-0.39, 0.29) is 5.82 Å². The predicted molar refractivity (Wildman–Crippen MR) is 81.6 cm³/mol. The number of rotatable bonds is 5. The molecular weight excluding hydrogens is 271 g/mol. The zero-order valence-corrected chi connectivity index (χ0v) is 13.2. The predicted octanol–water partition coefficient (Wildman–Crippen LogP) is 3.00. The van der Waals surface area contributed by atoms with Crippen molar-refractivity contribution in [3.05, 3.63) is 35.6 Å². The van der Waals surface area contributed by atoms with Gasteiger partial charge in [-0.1, -0.05) is 12.1 Å². The molecule has 0 saturated heterocycles. The van der Waals surface area contributed by atoms with Crippen molar-refractivity contribution >= 4 is 6.09 Å². The maximum atomic E-state index is 12.8. The number of alkyl carbamates (subject to hydrolysis) is 1. The number of halogens is 1. The summed E-state index contributed by atoms with van der Waals surface area (Å²) in [5.41, 5.74) is 6.11. The summed E-state index contributed by atoms with van der Waals surface area (Å²) >= 11 is 0. The van der Waals surface area contributed by atoms with Crippen molar-refractivity contribution in [2.24, 2.45) is 5.73 Å². The minimum Gasteiger partial charge on any atom is -0.444 e. The molecule has 1 rings (SSSR count). The van der Waals surface area contributed by atoms with Gasteiger partial charge in [-0.3, -0.25) is 0 Å². The van der Waals surface area contributed by atoms with Crippen LogP contribution in [-0.4, -0.2) is 23.8 Å². The van der Waals surface area contributed by atoms with Gasteiger partial charge in [0.1, 0.15) is 11.4 Å². The molecule has 1 atom stereocenters. The third-order valence-electron chi connectivity index (χ3n) is 2.93. The molecule has 1 amide bonds. The fraction of sp³-hybridized carbons (Fsp3) is 0.562. The highest BCUT2D eigenvalue weighted by Crippen LogP contribution is 2.12. The van der Waals surface area contributed by atoms with E-state index in [9.17, 15) is 9.18 Å². The molecule has 0 radical (unpaired) electrons. The van der Waals surface area contributed by atoms with Crippen LogP contribution in [0.5, 0.6) is 0 Å². The monoisotopic (exact) mass is 296 g/mol. The molecule has 0 aliphatic rings. The molecule has 4 nitrogen and oxygen atoms in total. The van der Waals surface area contributed by atoms with Crippen LogP contribution in [0.4, 0.5) is 9.18 Å². The summed E-state index contributed by atoms with van der Waals surface area (Å²) in [4.78, 5) is 11.6. The molecule has 0 fully saturated rings. The van der Waals surface area contributed by atoms with Crippen molar-refractivity contribution in [2.75, 3.05) is 6.54 Å². The Morgan fingerprint density at radius 3 is 2.33 bits per heavy atom. The highest BCUT2D eigenvalue weighted by atomic mass is 19.1. The van der Waals surface area contributed by atoms with E-state index in [0.717, 1.165) is 12.0 Å². The molecule has 1 unspecified atom stereocenters. The molecule has 3 N–H and O–H groups in total. The minimum atomic E-state index is -0.550. The standard InChI is InChI=1S/C16H25FN2O2/c1-15(2,3)21-14(20)19-11-16(4,18)10-9-12-5-7-13(17)8-6-12/h5-8H,9-11,18H2,1-4H3,(H,19,20). The minimum absolute atomic E-state index is 0.249. The first-order chi connectivity index (χ1) is 9.57. The van der Waals surface area contributed by atoms with Crippen molar-refractivity contribution < 1.29 is 13.9 Å². The fourth-order valence-corrected chi connectivity index (χ4v) is 1.76. The van der Waals surface area contributed by atoms with Crippen LogP contribution in [-0.2, 0) is 11.2 Å². The Labute approximate surface area is 125 Å². The molecule has 1 aromatic rings. The lowest BCUT2D eigenvalue weighted by molar-refractivity contribution is 0.0515. The first-order valence-corrected chi connectivity index (χ1v) is 7.08. The van der Waals surface area contributed by atoms with E-state index in [1.54, 1.807) is 12.1 Å². The lowest BCUT2D eigenvalue weighted by Gasteiger charge is -2.26. The summed E-state index contributed by atoms with van der Waals surface area (Å²) < 4.78 is 18.0. The number of hydrogen-bond donors (Lipinski definition) is 2. The molecule has 0 spiro atoms. The topological polar surface area (TPSA) is 64.3 Å². The second-order valence-corrected chi connectivity index (χ2v) is 6.64. The number of amides is 1. The first kappa shape index (κ1) is 17.4. The van der Waals surface area contributed by atoms with Crippen molar-refractivity contribution in [3.8, 4) is 0 Å². The largest absolute Gasteiger partial charge is 0.444 e. The van der Waals surface area contributed by atoms with Crippen molar-refractivity contribution in [1.82, 2.24) is 5.32 Å². The van der Waals surface area contributed by atoms with Gasteiger partial charge in [0, 0.05) is 12.1 Å². The van der Waals surface area contributed by atoms with Gasteiger partial charge in [-0.2, -0.15) is 0 Å². The normalized spacial score (nSPS) is 14.4. The van der Waals surface area contributed by atoms with Crippen LogP contribution >= 0.6 is 0 Å². The van der Waals surface area contributed by atoms with Gasteiger partial charge in [0.05, 0.1) is 0 Å². The maximum absolute atomic E-state index is 12.8. The number of nitrogens with two attached hydrogens (primary N) is 1. The summed E-state index contributed by atoms with van der Waals surface area (Å²) in [7, 11) is 0. The molecule has 1 aromatic carbocycles. The number of nitrogens with one attached hydrogen (secondary N) is 1. The Morgan fingerprint density at radius 1 is 1.24 bits per heavy atom. The molecule has 0 aliphatic heterocycles. The van der Waals surface area contributed by atoms with Crippen LogP contribution in [0.1, 0.15) is 39.7 Å². The van der Waals surface area contributed by atoms with Crippen molar-refractivity contribution in [3.63, 3.8) is 0 Å². The van der Waals surface area contributed by atoms with E-state index in [4.69, 9.17) is 10.5 Å². The van der Waals surface area contributed by atoms with Crippen LogP contribution in [0.3, 0.4) is 0 Å². The summed E-state index contributed by atoms with van der Waals surface area (Å²) in [6.45, 7) is 7.62. The van der Waals surface area contributed by atoms with E-state index in [0.29, 0.717) is 13.0 Å². The van der Waals surface area contributed by atoms with Gasteiger partial charge in [-0.05, 0) is 58.2 Å². The Kier molecular flexibility index (Phi) is 5.72. The van der Waals surface area contributed by atoms with E-state index >= 15 is 0 Å². The first-order valence-electron chi connectivity index (χ1n) is 7.08. The molecule has 0 heterocycles. The smallest absolute Gasteiger partial charge is 0.407 e. The van der Waals surface area contributed by atoms with E-state index in [2.05, 4.69) is 5.32 Å². The van der Waals surface area contributed by atoms with E-state index in [1.807, 2.05) is 27.7 Å². The van der Waals surface area contributed by atoms with E-state index < -0.39 is 17.2 Å². The van der Waals surface area contributed by atoms with Gasteiger partial charge in [0.15, 0.2) is 0 Å². The van der Waals surface area contributed by atoms with Crippen LogP contribution in [0, 0.1) is 5.82 Å². The zero-order chi connectivity index (χ0) is 16.1. The second-order valence-electron chi connectivity index (χ2n) is 6.64. The number of hydrogen-bond acceptors (Lipinski definition) is 3. The fourth-order valence-electron chi connectivity index (χ4n) is 1.76. The highest BCUT2D eigenvalue weighted by Gasteiger charge is 2.22. The second kappa shape index (κ2) is 6.89. The Bertz CT molecular complexity index is 464. The third-order valence-corrected chi connectivity index (χ3v) is 2.93. The van der Waals surface area contributed by atoms with Gasteiger partial charge in [0.2, 0.25) is 0 Å².